The van der Waals surface area contributed by atoms with E-state index in [-0.39, 0.29) is 23.0 Å². The molecule has 0 fully saturated rings. The minimum Gasteiger partial charge on any atom is -0.327 e. The van der Waals surface area contributed by atoms with E-state index in [2.05, 4.69) is 5.32 Å². The summed E-state index contributed by atoms with van der Waals surface area (Å²) in [6.45, 7) is 3.28. The number of halogens is 1. The number of nitrogens with one attached hydrogen (secondary N) is 1. The van der Waals surface area contributed by atoms with Crippen molar-refractivity contribution in [3.05, 3.63) is 58.9 Å². The Labute approximate surface area is 175 Å². The van der Waals surface area contributed by atoms with Crippen LogP contribution in [0.5, 0.6) is 0 Å². The number of nitrogens with zero attached hydrogens (tertiary/aromatic N) is 1. The van der Waals surface area contributed by atoms with Crippen LogP contribution in [0.1, 0.15) is 41.8 Å². The lowest BCUT2D eigenvalue weighted by atomic mass is 10.0. The van der Waals surface area contributed by atoms with Crippen molar-refractivity contribution >= 4 is 27.5 Å². The van der Waals surface area contributed by atoms with Gasteiger partial charge in [-0.15, -0.1) is 0 Å². The highest BCUT2D eigenvalue weighted by Gasteiger charge is 2.27. The van der Waals surface area contributed by atoms with Crippen molar-refractivity contribution in [2.24, 2.45) is 5.14 Å². The molecular formula is C21H24FN3O4S. The number of fused-ring (bicyclic) bond motifs is 1. The highest BCUT2D eigenvalue weighted by Crippen LogP contribution is 2.30. The number of sulfonamides is 1. The Morgan fingerprint density at radius 3 is 2.43 bits per heavy atom. The standard InChI is InChI=1S/C21H24FN3O4S/c1-13(2)25(12-20(26)24-17-8-6-16(22)7-9-17)21(27)15-10-14-4-3-5-18(14)19(11-15)30(23,28)29/h6-11,13H,3-5,12H2,1-2H3,(H,24,26)(H2,23,28,29). The van der Waals surface area contributed by atoms with E-state index in [1.165, 1.54) is 35.2 Å². The third-order valence-electron chi connectivity index (χ3n) is 5.05. The fourth-order valence-corrected chi connectivity index (χ4v) is 4.45. The van der Waals surface area contributed by atoms with E-state index in [0.717, 1.165) is 12.0 Å². The number of hydrogen-bond acceptors (Lipinski definition) is 4. The summed E-state index contributed by atoms with van der Waals surface area (Å²) in [7, 11) is -3.98. The highest BCUT2D eigenvalue weighted by molar-refractivity contribution is 7.89. The monoisotopic (exact) mass is 433 g/mol. The molecule has 2 amide bonds. The van der Waals surface area contributed by atoms with Gasteiger partial charge in [0.15, 0.2) is 0 Å². The second-order valence-corrected chi connectivity index (χ2v) is 9.12. The normalized spacial score (nSPS) is 13.2. The molecular weight excluding hydrogens is 409 g/mol. The van der Waals surface area contributed by atoms with Gasteiger partial charge in [0.1, 0.15) is 12.4 Å². The lowest BCUT2D eigenvalue weighted by molar-refractivity contribution is -0.117. The van der Waals surface area contributed by atoms with Crippen LogP contribution >= 0.6 is 0 Å². The summed E-state index contributed by atoms with van der Waals surface area (Å²) in [4.78, 5) is 26.9. The zero-order chi connectivity index (χ0) is 22.1. The molecule has 0 heterocycles. The lowest BCUT2D eigenvalue weighted by Gasteiger charge is -2.27. The minimum atomic E-state index is -3.98. The Hall–Kier alpha value is -2.78. The predicted molar refractivity (Wildman–Crippen MR) is 111 cm³/mol. The minimum absolute atomic E-state index is 0.0275. The average molecular weight is 434 g/mol. The van der Waals surface area contributed by atoms with E-state index in [4.69, 9.17) is 5.14 Å². The maximum atomic E-state index is 13.2. The van der Waals surface area contributed by atoms with Gasteiger partial charge in [0, 0.05) is 17.3 Å². The quantitative estimate of drug-likeness (QED) is 0.729. The number of nitrogens with two attached hydrogens (primary N) is 1. The van der Waals surface area contributed by atoms with Crippen LogP contribution < -0.4 is 10.5 Å². The number of aryl methyl sites for hydroxylation is 1. The summed E-state index contributed by atoms with van der Waals surface area (Å²) in [5.41, 5.74) is 2.05. The van der Waals surface area contributed by atoms with Crippen LogP contribution in [0.3, 0.4) is 0 Å². The fraction of sp³-hybridized carbons (Fsp3) is 0.333. The Morgan fingerprint density at radius 1 is 1.17 bits per heavy atom. The number of primary sulfonamides is 1. The van der Waals surface area contributed by atoms with E-state index in [0.29, 0.717) is 24.1 Å². The molecule has 0 radical (unpaired) electrons. The van der Waals surface area contributed by atoms with Crippen LogP contribution in [-0.4, -0.2) is 37.7 Å². The van der Waals surface area contributed by atoms with Gasteiger partial charge in [0.05, 0.1) is 4.90 Å². The SMILES string of the molecule is CC(C)N(CC(=O)Nc1ccc(F)cc1)C(=O)c1cc2c(c(S(N)(=O)=O)c1)CCC2. The van der Waals surface area contributed by atoms with Gasteiger partial charge in [-0.2, -0.15) is 0 Å². The number of carbonyl (C=O) groups is 2. The molecule has 3 N–H and O–H groups in total. The van der Waals surface area contributed by atoms with Crippen molar-refractivity contribution in [2.75, 3.05) is 11.9 Å². The molecule has 0 unspecified atom stereocenters. The van der Waals surface area contributed by atoms with Gasteiger partial charge in [-0.25, -0.2) is 17.9 Å². The van der Waals surface area contributed by atoms with Gasteiger partial charge in [0.25, 0.3) is 5.91 Å². The van der Waals surface area contributed by atoms with Crippen LogP contribution in [0.2, 0.25) is 0 Å². The van der Waals surface area contributed by atoms with E-state index in [9.17, 15) is 22.4 Å². The number of rotatable bonds is 6. The zero-order valence-electron chi connectivity index (χ0n) is 16.8. The van der Waals surface area contributed by atoms with Gasteiger partial charge in [-0.05, 0) is 80.6 Å². The molecule has 0 bridgehead atoms. The first-order chi connectivity index (χ1) is 14.1. The molecule has 0 saturated carbocycles. The number of hydrogen-bond donors (Lipinski definition) is 2. The highest BCUT2D eigenvalue weighted by atomic mass is 32.2. The van der Waals surface area contributed by atoms with E-state index in [1.807, 2.05) is 0 Å². The average Bonchev–Trinajstić information content (AvgIpc) is 3.14. The van der Waals surface area contributed by atoms with E-state index in [1.54, 1.807) is 19.9 Å². The van der Waals surface area contributed by atoms with Crippen LogP contribution in [0, 0.1) is 5.82 Å². The number of anilines is 1. The van der Waals surface area contributed by atoms with Gasteiger partial charge < -0.3 is 10.2 Å². The summed E-state index contributed by atoms with van der Waals surface area (Å²) >= 11 is 0. The molecule has 3 rings (SSSR count). The van der Waals surface area contributed by atoms with Crippen molar-refractivity contribution in [3.63, 3.8) is 0 Å². The van der Waals surface area contributed by atoms with E-state index >= 15 is 0 Å². The number of carbonyl (C=O) groups excluding carboxylic acids is 2. The molecule has 7 nitrogen and oxygen atoms in total. The van der Waals surface area contributed by atoms with Crippen molar-refractivity contribution in [1.29, 1.82) is 0 Å². The third-order valence-corrected chi connectivity index (χ3v) is 6.03. The molecule has 0 spiro atoms. The van der Waals surface area contributed by atoms with Gasteiger partial charge in [-0.3, -0.25) is 9.59 Å². The first kappa shape index (κ1) is 21.9. The maximum absolute atomic E-state index is 13.2. The molecule has 2 aromatic rings. The van der Waals surface area contributed by atoms with Crippen molar-refractivity contribution in [3.8, 4) is 0 Å². The Bertz CT molecular complexity index is 1080. The van der Waals surface area contributed by atoms with Crippen LogP contribution in [-0.2, 0) is 27.7 Å². The molecule has 1 aliphatic rings. The van der Waals surface area contributed by atoms with E-state index < -0.39 is 27.7 Å². The molecule has 2 aromatic carbocycles. The molecule has 1 aliphatic carbocycles. The molecule has 0 atom stereocenters. The van der Waals surface area contributed by atoms with Gasteiger partial charge in [-0.1, -0.05) is 0 Å². The van der Waals surface area contributed by atoms with Gasteiger partial charge >= 0.3 is 0 Å². The topological polar surface area (TPSA) is 110 Å². The lowest BCUT2D eigenvalue weighted by Crippen LogP contribution is -2.42. The largest absolute Gasteiger partial charge is 0.327 e. The Balaban J connectivity index is 1.85. The molecule has 0 aromatic heterocycles. The smallest absolute Gasteiger partial charge is 0.254 e. The predicted octanol–water partition coefficient (Wildman–Crippen LogP) is 2.45. The molecule has 0 saturated heterocycles. The third kappa shape index (κ3) is 4.85. The van der Waals surface area contributed by atoms with Gasteiger partial charge in [0.2, 0.25) is 15.9 Å². The maximum Gasteiger partial charge on any atom is 0.254 e. The molecule has 160 valence electrons. The zero-order valence-corrected chi connectivity index (χ0v) is 17.6. The second kappa shape index (κ2) is 8.53. The number of benzene rings is 2. The van der Waals surface area contributed by atoms with Crippen molar-refractivity contribution in [1.82, 2.24) is 4.90 Å². The molecule has 30 heavy (non-hydrogen) atoms. The fourth-order valence-electron chi connectivity index (χ4n) is 3.59. The van der Waals surface area contributed by atoms with Crippen molar-refractivity contribution in [2.45, 2.75) is 44.0 Å². The molecule has 0 aliphatic heterocycles. The first-order valence-corrected chi connectivity index (χ1v) is 11.2. The summed E-state index contributed by atoms with van der Waals surface area (Å²) in [5.74, 6) is -1.33. The summed E-state index contributed by atoms with van der Waals surface area (Å²) in [5, 5.41) is 7.99. The van der Waals surface area contributed by atoms with Crippen LogP contribution in [0.15, 0.2) is 41.3 Å². The second-order valence-electron chi connectivity index (χ2n) is 7.59. The first-order valence-electron chi connectivity index (χ1n) is 9.61. The molecule has 9 heteroatoms. The summed E-state index contributed by atoms with van der Waals surface area (Å²) in [6, 6.07) is 7.96. The van der Waals surface area contributed by atoms with Crippen molar-refractivity contribution < 1.29 is 22.4 Å². The number of amides is 2. The van der Waals surface area contributed by atoms with Crippen LogP contribution in [0.25, 0.3) is 0 Å². The Morgan fingerprint density at radius 2 is 1.83 bits per heavy atom. The Kier molecular flexibility index (Phi) is 6.23. The van der Waals surface area contributed by atoms with Crippen LogP contribution in [0.4, 0.5) is 10.1 Å². The summed E-state index contributed by atoms with van der Waals surface area (Å²) in [6.07, 6.45) is 2.07. The summed E-state index contributed by atoms with van der Waals surface area (Å²) < 4.78 is 37.1.